The molecule has 0 radical (unpaired) electrons. The fraction of sp³-hybridized carbons (Fsp3) is 0.200. The number of aromatic nitrogens is 7. The molecule has 0 spiro atoms. The minimum absolute atomic E-state index is 0.193. The van der Waals surface area contributed by atoms with Crippen molar-refractivity contribution in [3.63, 3.8) is 0 Å². The van der Waals surface area contributed by atoms with E-state index in [4.69, 9.17) is 4.74 Å². The van der Waals surface area contributed by atoms with E-state index in [1.807, 2.05) is 18.2 Å². The van der Waals surface area contributed by atoms with Gasteiger partial charge < -0.3 is 10.1 Å². The predicted molar refractivity (Wildman–Crippen MR) is 108 cm³/mol. The molecule has 10 heteroatoms. The smallest absolute Gasteiger partial charge is 0.267 e. The molecule has 2 unspecified atom stereocenters. The molecule has 4 aromatic heterocycles. The summed E-state index contributed by atoms with van der Waals surface area (Å²) in [6.45, 7) is 0.789. The summed E-state index contributed by atoms with van der Waals surface area (Å²) in [4.78, 5) is 25.5. The van der Waals surface area contributed by atoms with Crippen LogP contribution in [-0.4, -0.2) is 53.8 Å². The van der Waals surface area contributed by atoms with Crippen LogP contribution in [0.15, 0.2) is 72.3 Å². The highest BCUT2D eigenvalue weighted by atomic mass is 16.5. The largest absolute Gasteiger partial charge is 0.377 e. The van der Waals surface area contributed by atoms with Crippen molar-refractivity contribution in [3.05, 3.63) is 77.9 Å². The minimum Gasteiger partial charge on any atom is -0.377 e. The van der Waals surface area contributed by atoms with E-state index in [-0.39, 0.29) is 17.6 Å². The van der Waals surface area contributed by atoms with Gasteiger partial charge in [0.2, 0.25) is 0 Å². The Morgan fingerprint density at radius 1 is 1.03 bits per heavy atom. The molecule has 1 N–H and O–H groups in total. The molecular weight excluding hydrogens is 384 g/mol. The zero-order chi connectivity index (χ0) is 20.3. The van der Waals surface area contributed by atoms with Crippen molar-refractivity contribution in [2.24, 2.45) is 0 Å². The molecule has 0 aromatic carbocycles. The second-order valence-corrected chi connectivity index (χ2v) is 6.81. The molecule has 0 bridgehead atoms. The lowest BCUT2D eigenvalue weighted by Crippen LogP contribution is -2.37. The zero-order valence-corrected chi connectivity index (χ0v) is 15.9. The summed E-state index contributed by atoms with van der Waals surface area (Å²) in [6.07, 6.45) is 10.1. The normalized spacial score (nSPS) is 18.4. The van der Waals surface area contributed by atoms with Crippen molar-refractivity contribution >= 4 is 5.82 Å². The Morgan fingerprint density at radius 3 is 2.83 bits per heavy atom. The molecule has 0 amide bonds. The summed E-state index contributed by atoms with van der Waals surface area (Å²) in [5.74, 6) is 1.16. The third kappa shape index (κ3) is 3.55. The molecule has 10 nitrogen and oxygen atoms in total. The molecule has 5 rings (SSSR count). The van der Waals surface area contributed by atoms with Crippen LogP contribution < -0.4 is 10.9 Å². The Morgan fingerprint density at radius 2 is 2.00 bits per heavy atom. The van der Waals surface area contributed by atoms with E-state index >= 15 is 0 Å². The maximum atomic E-state index is 12.6. The SMILES string of the molecule is O=c1ccc(-c2cccnc2)nn1C1COCC1Nc1cncc(-n2cccn2)n1. The number of nitrogens with one attached hydrogen (secondary N) is 1. The number of hydrogen-bond donors (Lipinski definition) is 1. The topological polar surface area (TPSA) is 113 Å². The van der Waals surface area contributed by atoms with Gasteiger partial charge in [-0.1, -0.05) is 0 Å². The number of nitrogens with zero attached hydrogens (tertiary/aromatic N) is 7. The van der Waals surface area contributed by atoms with Crippen LogP contribution in [0.5, 0.6) is 0 Å². The summed E-state index contributed by atoms with van der Waals surface area (Å²) < 4.78 is 8.76. The first-order valence-corrected chi connectivity index (χ1v) is 9.44. The standard InChI is InChI=1S/C20H18N8O2/c29-20-5-4-15(14-3-1-6-21-9-14)26-28(20)17-13-30-12-16(17)24-18-10-22-11-19(25-18)27-8-2-7-23-27/h1-11,16-17H,12-13H2,(H,24,25). The fourth-order valence-electron chi connectivity index (χ4n) is 3.38. The Kier molecular flexibility index (Phi) is 4.74. The number of anilines is 1. The van der Waals surface area contributed by atoms with Gasteiger partial charge in [0.05, 0.1) is 37.3 Å². The van der Waals surface area contributed by atoms with E-state index in [0.717, 1.165) is 5.56 Å². The number of rotatable bonds is 5. The first kappa shape index (κ1) is 18.1. The lowest BCUT2D eigenvalue weighted by molar-refractivity contribution is 0.183. The average molecular weight is 402 g/mol. The molecule has 5 heterocycles. The molecule has 1 aliphatic rings. The van der Waals surface area contributed by atoms with Gasteiger partial charge in [0.15, 0.2) is 5.82 Å². The van der Waals surface area contributed by atoms with E-state index in [1.165, 1.54) is 10.7 Å². The second kappa shape index (κ2) is 7.84. The highest BCUT2D eigenvalue weighted by molar-refractivity contribution is 5.56. The van der Waals surface area contributed by atoms with Gasteiger partial charge in [0.1, 0.15) is 11.9 Å². The maximum absolute atomic E-state index is 12.6. The number of ether oxygens (including phenoxy) is 1. The fourth-order valence-corrected chi connectivity index (χ4v) is 3.38. The Labute approximate surface area is 171 Å². The Hall–Kier alpha value is -3.92. The van der Waals surface area contributed by atoms with Crippen molar-refractivity contribution in [2.75, 3.05) is 18.5 Å². The summed E-state index contributed by atoms with van der Waals surface area (Å²) in [5, 5.41) is 12.1. The van der Waals surface area contributed by atoms with Crippen LogP contribution in [0.4, 0.5) is 5.82 Å². The van der Waals surface area contributed by atoms with E-state index in [1.54, 1.807) is 47.9 Å². The first-order chi connectivity index (χ1) is 14.8. The molecule has 0 aliphatic carbocycles. The van der Waals surface area contributed by atoms with Crippen molar-refractivity contribution in [1.82, 2.24) is 34.5 Å². The molecule has 2 atom stereocenters. The van der Waals surface area contributed by atoms with Gasteiger partial charge in [0.25, 0.3) is 5.56 Å². The first-order valence-electron chi connectivity index (χ1n) is 9.44. The summed E-state index contributed by atoms with van der Waals surface area (Å²) in [6, 6.07) is 8.29. The van der Waals surface area contributed by atoms with Crippen LogP contribution in [0.1, 0.15) is 6.04 Å². The molecular formula is C20H18N8O2. The lowest BCUT2D eigenvalue weighted by atomic mass is 10.1. The Balaban J connectivity index is 1.42. The van der Waals surface area contributed by atoms with Crippen molar-refractivity contribution in [1.29, 1.82) is 0 Å². The molecule has 0 saturated carbocycles. The monoisotopic (exact) mass is 402 g/mol. The van der Waals surface area contributed by atoms with Gasteiger partial charge in [-0.15, -0.1) is 0 Å². The van der Waals surface area contributed by atoms with E-state index < -0.39 is 0 Å². The number of pyridine rings is 1. The summed E-state index contributed by atoms with van der Waals surface area (Å²) in [7, 11) is 0. The molecule has 30 heavy (non-hydrogen) atoms. The van der Waals surface area contributed by atoms with E-state index in [9.17, 15) is 4.79 Å². The molecule has 4 aromatic rings. The maximum Gasteiger partial charge on any atom is 0.267 e. The highest BCUT2D eigenvalue weighted by Crippen LogP contribution is 2.22. The van der Waals surface area contributed by atoms with Crippen LogP contribution in [-0.2, 0) is 4.74 Å². The van der Waals surface area contributed by atoms with Gasteiger partial charge in [-0.3, -0.25) is 14.8 Å². The summed E-state index contributed by atoms with van der Waals surface area (Å²) in [5.41, 5.74) is 1.32. The van der Waals surface area contributed by atoms with Crippen molar-refractivity contribution in [3.8, 4) is 17.1 Å². The molecule has 150 valence electrons. The zero-order valence-electron chi connectivity index (χ0n) is 15.9. The van der Waals surface area contributed by atoms with Gasteiger partial charge in [-0.05, 0) is 24.3 Å². The molecule has 1 aliphatic heterocycles. The van der Waals surface area contributed by atoms with E-state index in [0.29, 0.717) is 30.5 Å². The quantitative estimate of drug-likeness (QED) is 0.532. The number of hydrogen-bond acceptors (Lipinski definition) is 8. The third-order valence-corrected chi connectivity index (χ3v) is 4.84. The average Bonchev–Trinajstić information content (AvgIpc) is 3.48. The van der Waals surface area contributed by atoms with Crippen molar-refractivity contribution in [2.45, 2.75) is 12.1 Å². The van der Waals surface area contributed by atoms with Crippen LogP contribution in [0.2, 0.25) is 0 Å². The van der Waals surface area contributed by atoms with E-state index in [2.05, 4.69) is 30.5 Å². The van der Waals surface area contributed by atoms with Crippen molar-refractivity contribution < 1.29 is 4.74 Å². The third-order valence-electron chi connectivity index (χ3n) is 4.84. The lowest BCUT2D eigenvalue weighted by Gasteiger charge is -2.21. The molecule has 1 saturated heterocycles. The minimum atomic E-state index is -0.288. The van der Waals surface area contributed by atoms with Crippen LogP contribution in [0.25, 0.3) is 17.1 Å². The van der Waals surface area contributed by atoms with Gasteiger partial charge in [0, 0.05) is 36.4 Å². The highest BCUT2D eigenvalue weighted by Gasteiger charge is 2.32. The summed E-state index contributed by atoms with van der Waals surface area (Å²) >= 11 is 0. The van der Waals surface area contributed by atoms with Crippen LogP contribution >= 0.6 is 0 Å². The van der Waals surface area contributed by atoms with Crippen LogP contribution in [0.3, 0.4) is 0 Å². The van der Waals surface area contributed by atoms with Gasteiger partial charge in [-0.2, -0.15) is 10.2 Å². The van der Waals surface area contributed by atoms with Crippen LogP contribution in [0, 0.1) is 0 Å². The Bertz CT molecular complexity index is 1190. The molecule has 1 fully saturated rings. The second-order valence-electron chi connectivity index (χ2n) is 6.81. The predicted octanol–water partition coefficient (Wildman–Crippen LogP) is 1.33. The van der Waals surface area contributed by atoms with Gasteiger partial charge in [-0.25, -0.2) is 14.3 Å². The van der Waals surface area contributed by atoms with Gasteiger partial charge >= 0.3 is 0 Å².